The quantitative estimate of drug-likeness (QED) is 0.753. The molecule has 2 heterocycles. The Balaban J connectivity index is 1.50. The largest absolute Gasteiger partial charge is 0.345 e. The lowest BCUT2D eigenvalue weighted by atomic mass is 10.1. The van der Waals surface area contributed by atoms with Gasteiger partial charge in [0.25, 0.3) is 0 Å². The summed E-state index contributed by atoms with van der Waals surface area (Å²) >= 11 is 0. The minimum absolute atomic E-state index is 0.0832. The van der Waals surface area contributed by atoms with Crippen molar-refractivity contribution in [2.75, 3.05) is 7.05 Å². The summed E-state index contributed by atoms with van der Waals surface area (Å²) in [7, 11) is -2.08. The van der Waals surface area contributed by atoms with Crippen molar-refractivity contribution in [2.24, 2.45) is 5.92 Å². The first-order valence-corrected chi connectivity index (χ1v) is 11.0. The van der Waals surface area contributed by atoms with Crippen molar-refractivity contribution in [2.45, 2.75) is 56.1 Å². The van der Waals surface area contributed by atoms with Crippen LogP contribution >= 0.6 is 0 Å². The van der Waals surface area contributed by atoms with Gasteiger partial charge in [-0.3, -0.25) is 4.57 Å². The lowest BCUT2D eigenvalue weighted by Gasteiger charge is -2.26. The van der Waals surface area contributed by atoms with Crippen molar-refractivity contribution < 1.29 is 8.42 Å². The molecule has 148 valence electrons. The number of aryl methyl sites for hydroxylation is 1. The minimum Gasteiger partial charge on any atom is -0.279 e. The van der Waals surface area contributed by atoms with E-state index in [-0.39, 0.29) is 16.6 Å². The van der Waals surface area contributed by atoms with Crippen LogP contribution in [0.4, 0.5) is 0 Å². The summed E-state index contributed by atoms with van der Waals surface area (Å²) < 4.78 is 30.6. The van der Waals surface area contributed by atoms with Gasteiger partial charge in [-0.2, -0.15) is 14.7 Å². The molecule has 0 radical (unpaired) electrons. The second kappa shape index (κ2) is 7.18. The molecule has 28 heavy (non-hydrogen) atoms. The number of hydrogen-bond donors (Lipinski definition) is 0. The first kappa shape index (κ1) is 18.9. The van der Waals surface area contributed by atoms with Crippen molar-refractivity contribution in [1.29, 1.82) is 5.26 Å². The fourth-order valence-corrected chi connectivity index (χ4v) is 5.12. The zero-order chi connectivity index (χ0) is 19.9. The minimum atomic E-state index is -3.67. The summed E-state index contributed by atoms with van der Waals surface area (Å²) in [6.45, 7) is 1.16. The summed E-state index contributed by atoms with van der Waals surface area (Å²) in [5.74, 6) is 1.32. The monoisotopic (exact) mass is 401 g/mol. The normalized spacial score (nSPS) is 19.8. The van der Waals surface area contributed by atoms with Gasteiger partial charge >= 0.3 is 5.69 Å². The molecule has 8 nitrogen and oxygen atoms in total. The van der Waals surface area contributed by atoms with Gasteiger partial charge in [0.15, 0.2) is 0 Å². The van der Waals surface area contributed by atoms with E-state index in [4.69, 9.17) is 5.26 Å². The molecular formula is C19H23N5O3S. The Morgan fingerprint density at radius 1 is 1.21 bits per heavy atom. The molecule has 1 aliphatic heterocycles. The molecule has 1 unspecified atom stereocenters. The maximum absolute atomic E-state index is 13.0. The molecule has 2 aromatic rings. The Kier molecular flexibility index (Phi) is 4.85. The van der Waals surface area contributed by atoms with E-state index >= 15 is 0 Å². The van der Waals surface area contributed by atoms with Crippen LogP contribution in [0.5, 0.6) is 0 Å². The number of rotatable bonds is 5. The maximum Gasteiger partial charge on any atom is 0.345 e. The predicted molar refractivity (Wildman–Crippen MR) is 102 cm³/mol. The molecule has 2 aliphatic rings. The molecule has 1 fully saturated rings. The molecule has 1 aromatic heterocycles. The fraction of sp³-hybridized carbons (Fsp3) is 0.526. The Hall–Kier alpha value is -2.44. The molecule has 1 aliphatic carbocycles. The average molecular weight is 401 g/mol. The van der Waals surface area contributed by atoms with E-state index in [9.17, 15) is 13.2 Å². The van der Waals surface area contributed by atoms with Gasteiger partial charge in [0.05, 0.1) is 16.5 Å². The highest BCUT2D eigenvalue weighted by Gasteiger charge is 2.31. The zero-order valence-corrected chi connectivity index (χ0v) is 16.6. The average Bonchev–Trinajstić information content (AvgIpc) is 3.49. The van der Waals surface area contributed by atoms with Gasteiger partial charge in [0.2, 0.25) is 10.0 Å². The Morgan fingerprint density at radius 3 is 2.57 bits per heavy atom. The molecule has 1 aromatic carbocycles. The number of sulfonamides is 1. The second-order valence-corrected chi connectivity index (χ2v) is 9.61. The number of fused-ring (bicyclic) bond motifs is 1. The number of benzene rings is 1. The highest BCUT2D eigenvalue weighted by atomic mass is 32.2. The summed E-state index contributed by atoms with van der Waals surface area (Å²) in [6.07, 6.45) is 4.08. The highest BCUT2D eigenvalue weighted by molar-refractivity contribution is 7.89. The lowest BCUT2D eigenvalue weighted by Crippen LogP contribution is -2.37. The van der Waals surface area contributed by atoms with Crippen molar-refractivity contribution in [3.8, 4) is 6.07 Å². The topological polar surface area (TPSA) is 101 Å². The van der Waals surface area contributed by atoms with Crippen LogP contribution in [0.3, 0.4) is 0 Å². The molecule has 4 rings (SSSR count). The molecule has 1 atom stereocenters. The molecular weight excluding hydrogens is 378 g/mol. The van der Waals surface area contributed by atoms with Gasteiger partial charge in [-0.15, -0.1) is 0 Å². The third-order valence-corrected chi connectivity index (χ3v) is 7.61. The van der Waals surface area contributed by atoms with Crippen molar-refractivity contribution in [1.82, 2.24) is 18.7 Å². The van der Waals surface area contributed by atoms with E-state index < -0.39 is 10.0 Å². The van der Waals surface area contributed by atoms with Crippen molar-refractivity contribution in [3.63, 3.8) is 0 Å². The molecule has 0 bridgehead atoms. The van der Waals surface area contributed by atoms with E-state index in [2.05, 4.69) is 5.10 Å². The SMILES string of the molecule is CN(C1CCc2nn(CC3CC3)c(=O)n2CC1)S(=O)(=O)c1ccc(C#N)cc1. The van der Waals surface area contributed by atoms with Gasteiger partial charge in [-0.1, -0.05) is 0 Å². The smallest absolute Gasteiger partial charge is 0.279 e. The van der Waals surface area contributed by atoms with Gasteiger partial charge in [0.1, 0.15) is 5.82 Å². The molecule has 0 N–H and O–H groups in total. The van der Waals surface area contributed by atoms with Crippen LogP contribution in [0.2, 0.25) is 0 Å². The molecule has 9 heteroatoms. The van der Waals surface area contributed by atoms with E-state index in [0.29, 0.717) is 43.8 Å². The van der Waals surface area contributed by atoms with Gasteiger partial charge in [-0.25, -0.2) is 17.9 Å². The predicted octanol–water partition coefficient (Wildman–Crippen LogP) is 1.35. The Labute approximate surface area is 164 Å². The zero-order valence-electron chi connectivity index (χ0n) is 15.8. The third-order valence-electron chi connectivity index (χ3n) is 5.69. The highest BCUT2D eigenvalue weighted by Crippen LogP contribution is 2.30. The maximum atomic E-state index is 13.0. The standard InChI is InChI=1S/C19H23N5O3S/c1-22(28(26,27)17-7-4-14(12-20)5-8-17)16-6-9-18-21-24(13-15-2-3-15)19(25)23(18)11-10-16/h4-5,7-8,15-16H,2-3,6,9-11,13H2,1H3. The number of nitrogens with zero attached hydrogens (tertiary/aromatic N) is 5. The Morgan fingerprint density at radius 2 is 1.93 bits per heavy atom. The second-order valence-electron chi connectivity index (χ2n) is 7.61. The molecule has 0 spiro atoms. The molecule has 0 saturated heterocycles. The molecule has 1 saturated carbocycles. The van der Waals surface area contributed by atoms with E-state index in [0.717, 1.165) is 18.7 Å². The summed E-state index contributed by atoms with van der Waals surface area (Å²) in [6, 6.07) is 7.71. The van der Waals surface area contributed by atoms with E-state index in [1.54, 1.807) is 16.3 Å². The summed E-state index contributed by atoms with van der Waals surface area (Å²) in [5, 5.41) is 13.4. The summed E-state index contributed by atoms with van der Waals surface area (Å²) in [4.78, 5) is 12.8. The van der Waals surface area contributed by atoms with Gasteiger partial charge in [-0.05, 0) is 55.9 Å². The lowest BCUT2D eigenvalue weighted by molar-refractivity contribution is 0.328. The van der Waals surface area contributed by atoms with Crippen LogP contribution in [-0.2, 0) is 29.5 Å². The van der Waals surface area contributed by atoms with Gasteiger partial charge < -0.3 is 0 Å². The van der Waals surface area contributed by atoms with Crippen molar-refractivity contribution >= 4 is 10.0 Å². The number of hydrogen-bond acceptors (Lipinski definition) is 5. The van der Waals surface area contributed by atoms with E-state index in [1.165, 1.54) is 28.6 Å². The van der Waals surface area contributed by atoms with Crippen LogP contribution in [0.25, 0.3) is 0 Å². The van der Waals surface area contributed by atoms with Crippen LogP contribution in [0, 0.1) is 17.2 Å². The number of nitriles is 1. The fourth-order valence-electron chi connectivity index (χ4n) is 3.71. The van der Waals surface area contributed by atoms with Crippen LogP contribution in [0.1, 0.15) is 37.1 Å². The first-order chi connectivity index (χ1) is 13.4. The number of aromatic nitrogens is 3. The van der Waals surface area contributed by atoms with Crippen LogP contribution in [-0.4, -0.2) is 40.2 Å². The Bertz CT molecular complexity index is 1070. The van der Waals surface area contributed by atoms with Crippen LogP contribution in [0.15, 0.2) is 34.0 Å². The molecule has 0 amide bonds. The van der Waals surface area contributed by atoms with Crippen LogP contribution < -0.4 is 5.69 Å². The first-order valence-electron chi connectivity index (χ1n) is 9.55. The third kappa shape index (κ3) is 3.50. The van der Waals surface area contributed by atoms with Crippen molar-refractivity contribution in [3.05, 3.63) is 46.1 Å². The van der Waals surface area contributed by atoms with Gasteiger partial charge in [0, 0.05) is 32.6 Å². The van der Waals surface area contributed by atoms with E-state index in [1.807, 2.05) is 6.07 Å². The summed E-state index contributed by atoms with van der Waals surface area (Å²) in [5.41, 5.74) is 0.337.